The van der Waals surface area contributed by atoms with Crippen molar-refractivity contribution in [2.75, 3.05) is 29.9 Å². The van der Waals surface area contributed by atoms with Crippen LogP contribution in [0, 0.1) is 13.8 Å². The van der Waals surface area contributed by atoms with Crippen molar-refractivity contribution in [3.05, 3.63) is 70.9 Å². The molecule has 164 valence electrons. The second-order valence-electron chi connectivity index (χ2n) is 8.72. The van der Waals surface area contributed by atoms with Crippen LogP contribution in [0.4, 0.5) is 16.3 Å². The molecule has 6 nitrogen and oxygen atoms in total. The van der Waals surface area contributed by atoms with Gasteiger partial charge in [-0.2, -0.15) is 0 Å². The lowest BCUT2D eigenvalue weighted by atomic mass is 10.0. The van der Waals surface area contributed by atoms with Crippen LogP contribution in [0.15, 0.2) is 48.5 Å². The lowest BCUT2D eigenvalue weighted by molar-refractivity contribution is 0.206. The highest BCUT2D eigenvalue weighted by Gasteiger charge is 2.29. The van der Waals surface area contributed by atoms with Crippen molar-refractivity contribution in [1.82, 2.24) is 14.9 Å². The van der Waals surface area contributed by atoms with Crippen molar-refractivity contribution in [1.29, 1.82) is 0 Å². The number of anilines is 2. The van der Waals surface area contributed by atoms with E-state index in [-0.39, 0.29) is 6.03 Å². The predicted octanol–water partition coefficient (Wildman–Crippen LogP) is 4.95. The van der Waals surface area contributed by atoms with Crippen molar-refractivity contribution in [3.63, 3.8) is 0 Å². The molecule has 1 saturated heterocycles. The lowest BCUT2D eigenvalue weighted by Gasteiger charge is -2.32. The molecule has 3 aromatic rings. The van der Waals surface area contributed by atoms with E-state index in [2.05, 4.69) is 22.3 Å². The first-order valence-electron chi connectivity index (χ1n) is 11.4. The van der Waals surface area contributed by atoms with Gasteiger partial charge >= 0.3 is 6.03 Å². The molecule has 1 N–H and O–H groups in total. The van der Waals surface area contributed by atoms with Gasteiger partial charge < -0.3 is 15.1 Å². The molecule has 2 aliphatic heterocycles. The van der Waals surface area contributed by atoms with E-state index < -0.39 is 0 Å². The summed E-state index contributed by atoms with van der Waals surface area (Å²) in [6, 6.07) is 16.2. The van der Waals surface area contributed by atoms with Crippen LogP contribution < -0.4 is 10.2 Å². The normalized spacial score (nSPS) is 15.6. The molecular weight excluding hydrogens is 398 g/mol. The standard InChI is InChI=1S/C26H29N5O/c1-18-9-8-10-19(2)23(18)28-26(32)31-16-13-22-21(17-31)25(30-14-6-7-15-30)29-24(27-22)20-11-4-3-5-12-20/h3-5,8-12H,6-7,13-17H2,1-2H3,(H,28,32). The summed E-state index contributed by atoms with van der Waals surface area (Å²) < 4.78 is 0. The summed E-state index contributed by atoms with van der Waals surface area (Å²) in [4.78, 5) is 27.3. The Labute approximate surface area is 189 Å². The zero-order chi connectivity index (χ0) is 22.1. The molecule has 0 spiro atoms. The summed E-state index contributed by atoms with van der Waals surface area (Å²) in [5.41, 5.74) is 6.24. The topological polar surface area (TPSA) is 61.4 Å². The molecule has 0 bridgehead atoms. The molecule has 0 atom stereocenters. The number of aryl methyl sites for hydroxylation is 2. The molecule has 2 aromatic carbocycles. The fourth-order valence-electron chi connectivity index (χ4n) is 4.67. The number of nitrogens with zero attached hydrogens (tertiary/aromatic N) is 4. The Morgan fingerprint density at radius 3 is 2.34 bits per heavy atom. The first-order valence-corrected chi connectivity index (χ1v) is 11.4. The Kier molecular flexibility index (Phi) is 5.52. The monoisotopic (exact) mass is 427 g/mol. The molecule has 3 heterocycles. The minimum Gasteiger partial charge on any atom is -0.356 e. The summed E-state index contributed by atoms with van der Waals surface area (Å²) in [7, 11) is 0. The van der Waals surface area contributed by atoms with Crippen LogP contribution in [-0.2, 0) is 13.0 Å². The maximum atomic E-state index is 13.2. The number of hydrogen-bond acceptors (Lipinski definition) is 4. The molecule has 0 unspecified atom stereocenters. The molecule has 2 amide bonds. The van der Waals surface area contributed by atoms with Gasteiger partial charge in [-0.15, -0.1) is 0 Å². The Hall–Kier alpha value is -3.41. The third-order valence-corrected chi connectivity index (χ3v) is 6.48. The highest BCUT2D eigenvalue weighted by molar-refractivity contribution is 5.91. The van der Waals surface area contributed by atoms with E-state index in [1.807, 2.05) is 55.1 Å². The number of para-hydroxylation sites is 1. The van der Waals surface area contributed by atoms with Gasteiger partial charge in [0.25, 0.3) is 0 Å². The molecule has 2 aliphatic rings. The van der Waals surface area contributed by atoms with Gasteiger partial charge in [0.1, 0.15) is 5.82 Å². The minimum atomic E-state index is -0.0624. The third-order valence-electron chi connectivity index (χ3n) is 6.48. The fourth-order valence-corrected chi connectivity index (χ4v) is 4.67. The van der Waals surface area contributed by atoms with Gasteiger partial charge in [-0.25, -0.2) is 14.8 Å². The Bertz CT molecular complexity index is 1120. The largest absolute Gasteiger partial charge is 0.356 e. The first-order chi connectivity index (χ1) is 15.6. The zero-order valence-electron chi connectivity index (χ0n) is 18.8. The third kappa shape index (κ3) is 3.93. The maximum Gasteiger partial charge on any atom is 0.322 e. The van der Waals surface area contributed by atoms with Crippen molar-refractivity contribution < 1.29 is 4.79 Å². The van der Waals surface area contributed by atoms with E-state index in [0.717, 1.165) is 64.8 Å². The highest BCUT2D eigenvalue weighted by Crippen LogP contribution is 2.32. The second kappa shape index (κ2) is 8.61. The number of carbonyl (C=O) groups excluding carboxylic acids is 1. The van der Waals surface area contributed by atoms with Gasteiger partial charge in [0.05, 0.1) is 12.2 Å². The quantitative estimate of drug-likeness (QED) is 0.642. The zero-order valence-corrected chi connectivity index (χ0v) is 18.8. The average Bonchev–Trinajstić information content (AvgIpc) is 3.36. The van der Waals surface area contributed by atoms with E-state index in [1.54, 1.807) is 0 Å². The van der Waals surface area contributed by atoms with E-state index >= 15 is 0 Å². The van der Waals surface area contributed by atoms with E-state index in [1.165, 1.54) is 12.8 Å². The maximum absolute atomic E-state index is 13.2. The highest BCUT2D eigenvalue weighted by atomic mass is 16.2. The van der Waals surface area contributed by atoms with Gasteiger partial charge in [0.15, 0.2) is 5.82 Å². The van der Waals surface area contributed by atoms with Crippen LogP contribution in [0.25, 0.3) is 11.4 Å². The molecule has 32 heavy (non-hydrogen) atoms. The summed E-state index contributed by atoms with van der Waals surface area (Å²) in [6.07, 6.45) is 3.09. The number of urea groups is 1. The van der Waals surface area contributed by atoms with Crippen molar-refractivity contribution in [3.8, 4) is 11.4 Å². The molecule has 5 rings (SSSR count). The smallest absolute Gasteiger partial charge is 0.322 e. The van der Waals surface area contributed by atoms with Crippen molar-refractivity contribution in [2.45, 2.75) is 39.7 Å². The molecule has 6 heteroatoms. The van der Waals surface area contributed by atoms with Crippen molar-refractivity contribution in [2.24, 2.45) is 0 Å². The number of benzene rings is 2. The molecule has 0 radical (unpaired) electrons. The van der Waals surface area contributed by atoms with Crippen LogP contribution in [0.3, 0.4) is 0 Å². The van der Waals surface area contributed by atoms with Crippen molar-refractivity contribution >= 4 is 17.5 Å². The van der Waals surface area contributed by atoms with Crippen LogP contribution in [0.1, 0.15) is 35.2 Å². The van der Waals surface area contributed by atoms with Gasteiger partial charge in [-0.05, 0) is 37.8 Å². The molecule has 0 aliphatic carbocycles. The number of hydrogen-bond donors (Lipinski definition) is 1. The summed E-state index contributed by atoms with van der Waals surface area (Å²) in [5.74, 6) is 1.77. The molecular formula is C26H29N5O. The predicted molar refractivity (Wildman–Crippen MR) is 128 cm³/mol. The molecule has 1 fully saturated rings. The van der Waals surface area contributed by atoms with Crippen LogP contribution in [-0.4, -0.2) is 40.5 Å². The molecule has 1 aromatic heterocycles. The number of nitrogens with one attached hydrogen (secondary N) is 1. The van der Waals surface area contributed by atoms with Gasteiger partial charge in [-0.3, -0.25) is 0 Å². The number of fused-ring (bicyclic) bond motifs is 1. The second-order valence-corrected chi connectivity index (χ2v) is 8.72. The summed E-state index contributed by atoms with van der Waals surface area (Å²) in [5, 5.41) is 3.14. The lowest BCUT2D eigenvalue weighted by Crippen LogP contribution is -2.40. The Balaban J connectivity index is 1.46. The van der Waals surface area contributed by atoms with E-state index in [0.29, 0.717) is 13.1 Å². The average molecular weight is 428 g/mol. The first kappa shape index (κ1) is 20.5. The van der Waals surface area contributed by atoms with Gasteiger partial charge in [0, 0.05) is 42.9 Å². The van der Waals surface area contributed by atoms with Crippen LogP contribution in [0.2, 0.25) is 0 Å². The minimum absolute atomic E-state index is 0.0624. The van der Waals surface area contributed by atoms with Gasteiger partial charge in [-0.1, -0.05) is 48.5 Å². The van der Waals surface area contributed by atoms with Crippen LogP contribution in [0.5, 0.6) is 0 Å². The number of amides is 2. The Morgan fingerprint density at radius 2 is 1.62 bits per heavy atom. The van der Waals surface area contributed by atoms with E-state index in [4.69, 9.17) is 9.97 Å². The Morgan fingerprint density at radius 1 is 0.906 bits per heavy atom. The fraction of sp³-hybridized carbons (Fsp3) is 0.346. The van der Waals surface area contributed by atoms with Gasteiger partial charge in [0.2, 0.25) is 0 Å². The number of rotatable bonds is 3. The SMILES string of the molecule is Cc1cccc(C)c1NC(=O)N1CCc2nc(-c3ccccc3)nc(N3CCCC3)c2C1. The molecule has 0 saturated carbocycles. The summed E-state index contributed by atoms with van der Waals surface area (Å²) >= 11 is 0. The van der Waals surface area contributed by atoms with E-state index in [9.17, 15) is 4.79 Å². The summed E-state index contributed by atoms with van der Waals surface area (Å²) in [6.45, 7) is 7.25. The van der Waals surface area contributed by atoms with Crippen LogP contribution >= 0.6 is 0 Å². The number of aromatic nitrogens is 2. The number of carbonyl (C=O) groups is 1.